The quantitative estimate of drug-likeness (QED) is 0.733. The molecule has 0 atom stereocenters. The molecule has 0 bridgehead atoms. The van der Waals surface area contributed by atoms with Crippen molar-refractivity contribution in [2.24, 2.45) is 0 Å². The van der Waals surface area contributed by atoms with Crippen molar-refractivity contribution >= 4 is 17.5 Å². The van der Waals surface area contributed by atoms with Crippen LogP contribution in [0.25, 0.3) is 11.3 Å². The molecule has 0 saturated heterocycles. The van der Waals surface area contributed by atoms with Gasteiger partial charge in [0, 0.05) is 5.69 Å². The van der Waals surface area contributed by atoms with E-state index in [1.165, 1.54) is 24.4 Å². The van der Waals surface area contributed by atoms with E-state index in [1.807, 2.05) is 0 Å². The van der Waals surface area contributed by atoms with Gasteiger partial charge < -0.3 is 20.1 Å². The van der Waals surface area contributed by atoms with Gasteiger partial charge in [-0.3, -0.25) is 5.32 Å². The van der Waals surface area contributed by atoms with Crippen LogP contribution in [0.3, 0.4) is 0 Å². The van der Waals surface area contributed by atoms with E-state index in [0.717, 1.165) is 0 Å². The van der Waals surface area contributed by atoms with Crippen LogP contribution in [0.5, 0.6) is 5.75 Å². The Hall–Kier alpha value is -2.70. The lowest BCUT2D eigenvalue weighted by atomic mass is 10.1. The fourth-order valence-electron chi connectivity index (χ4n) is 1.67. The first-order chi connectivity index (χ1) is 9.76. The second-order valence-corrected chi connectivity index (χ2v) is 5.47. The van der Waals surface area contributed by atoms with Crippen molar-refractivity contribution in [2.45, 2.75) is 26.4 Å². The first kappa shape index (κ1) is 14.7. The van der Waals surface area contributed by atoms with Crippen LogP contribution in [0.4, 0.5) is 16.2 Å². The van der Waals surface area contributed by atoms with Gasteiger partial charge in [-0.15, -0.1) is 0 Å². The first-order valence-electron chi connectivity index (χ1n) is 6.30. The number of carbonyl (C=O) groups excluding carboxylic acids is 1. The number of benzene rings is 1. The van der Waals surface area contributed by atoms with Gasteiger partial charge in [0.1, 0.15) is 17.0 Å². The third kappa shape index (κ3) is 3.65. The number of anilines is 2. The molecule has 4 N–H and O–H groups in total. The van der Waals surface area contributed by atoms with E-state index >= 15 is 0 Å². The summed E-state index contributed by atoms with van der Waals surface area (Å²) in [6.45, 7) is 5.30. The number of rotatable bonds is 2. The maximum atomic E-state index is 11.7. The van der Waals surface area contributed by atoms with E-state index in [1.54, 1.807) is 20.8 Å². The predicted molar refractivity (Wildman–Crippen MR) is 77.9 cm³/mol. The molecule has 2 aromatic rings. The number of ether oxygens (including phenoxy) is 1. The van der Waals surface area contributed by atoms with Crippen molar-refractivity contribution in [3.05, 3.63) is 24.4 Å². The van der Waals surface area contributed by atoms with Gasteiger partial charge in [-0.1, -0.05) is 5.16 Å². The van der Waals surface area contributed by atoms with Gasteiger partial charge in [0.05, 0.1) is 11.8 Å². The summed E-state index contributed by atoms with van der Waals surface area (Å²) in [5.41, 5.74) is 6.16. The number of phenolic OH excluding ortho intramolecular Hbond substituents is 1. The van der Waals surface area contributed by atoms with Gasteiger partial charge in [0.15, 0.2) is 5.76 Å². The lowest BCUT2D eigenvalue weighted by molar-refractivity contribution is 0.0636. The molecule has 21 heavy (non-hydrogen) atoms. The predicted octanol–water partition coefficient (Wildman–Crippen LogP) is 2.98. The SMILES string of the molecule is CC(C)(C)OC(=O)Nc1ccc(O)c(-c2oncc2N)c1. The van der Waals surface area contributed by atoms with Crippen LogP contribution < -0.4 is 11.1 Å². The van der Waals surface area contributed by atoms with E-state index in [2.05, 4.69) is 10.5 Å². The normalized spacial score (nSPS) is 11.2. The zero-order valence-corrected chi connectivity index (χ0v) is 12.0. The third-order valence-electron chi connectivity index (χ3n) is 2.48. The summed E-state index contributed by atoms with van der Waals surface area (Å²) in [5.74, 6) is 0.202. The molecule has 1 aromatic carbocycles. The minimum absolute atomic E-state index is 0.0341. The Kier molecular flexibility index (Phi) is 3.75. The maximum absolute atomic E-state index is 11.7. The number of phenols is 1. The average Bonchev–Trinajstić information content (AvgIpc) is 2.75. The number of hydrogen-bond acceptors (Lipinski definition) is 6. The van der Waals surface area contributed by atoms with Crippen LogP contribution in [-0.4, -0.2) is 22.0 Å². The summed E-state index contributed by atoms with van der Waals surface area (Å²) in [6.07, 6.45) is 0.743. The van der Waals surface area contributed by atoms with Gasteiger partial charge in [-0.25, -0.2) is 4.79 Å². The lowest BCUT2D eigenvalue weighted by Crippen LogP contribution is -2.27. The topological polar surface area (TPSA) is 111 Å². The molecule has 7 nitrogen and oxygen atoms in total. The third-order valence-corrected chi connectivity index (χ3v) is 2.48. The second kappa shape index (κ2) is 5.35. The van der Waals surface area contributed by atoms with Crippen molar-refractivity contribution in [1.29, 1.82) is 0 Å². The van der Waals surface area contributed by atoms with Gasteiger partial charge in [0.25, 0.3) is 0 Å². The van der Waals surface area contributed by atoms with Crippen LogP contribution in [0.1, 0.15) is 20.8 Å². The molecular weight excluding hydrogens is 274 g/mol. The summed E-state index contributed by atoms with van der Waals surface area (Å²) in [6, 6.07) is 4.48. The molecule has 1 aromatic heterocycles. The molecule has 1 amide bonds. The number of nitrogens with zero attached hydrogens (tertiary/aromatic N) is 1. The number of nitrogens with two attached hydrogens (primary N) is 1. The highest BCUT2D eigenvalue weighted by Gasteiger charge is 2.18. The Morgan fingerprint density at radius 2 is 2.14 bits per heavy atom. The number of nitrogen functional groups attached to an aromatic ring is 1. The van der Waals surface area contributed by atoms with Gasteiger partial charge >= 0.3 is 6.09 Å². The minimum Gasteiger partial charge on any atom is -0.507 e. The minimum atomic E-state index is -0.598. The highest BCUT2D eigenvalue weighted by Crippen LogP contribution is 2.35. The van der Waals surface area contributed by atoms with E-state index in [9.17, 15) is 9.90 Å². The summed E-state index contributed by atoms with van der Waals surface area (Å²) in [4.78, 5) is 11.7. The standard InChI is InChI=1S/C14H17N3O4/c1-14(2,3)20-13(19)17-8-4-5-11(18)9(6-8)12-10(15)7-16-21-12/h4-7,18H,15H2,1-3H3,(H,17,19). The molecule has 0 spiro atoms. The number of hydrogen-bond donors (Lipinski definition) is 3. The van der Waals surface area contributed by atoms with Crippen LogP contribution in [-0.2, 0) is 4.74 Å². The number of aromatic hydroxyl groups is 1. The molecule has 0 saturated carbocycles. The Balaban J connectivity index is 2.24. The Morgan fingerprint density at radius 1 is 1.43 bits per heavy atom. The van der Waals surface area contributed by atoms with Crippen molar-refractivity contribution in [2.75, 3.05) is 11.1 Å². The molecule has 0 fully saturated rings. The monoisotopic (exact) mass is 291 g/mol. The highest BCUT2D eigenvalue weighted by atomic mass is 16.6. The average molecular weight is 291 g/mol. The Labute approximate surface area is 121 Å². The van der Waals surface area contributed by atoms with Crippen molar-refractivity contribution in [1.82, 2.24) is 5.16 Å². The molecular formula is C14H17N3O4. The van der Waals surface area contributed by atoms with Crippen LogP contribution in [0.15, 0.2) is 28.9 Å². The zero-order valence-electron chi connectivity index (χ0n) is 12.0. The largest absolute Gasteiger partial charge is 0.507 e. The van der Waals surface area contributed by atoms with E-state index in [0.29, 0.717) is 16.9 Å². The Morgan fingerprint density at radius 3 is 2.71 bits per heavy atom. The second-order valence-electron chi connectivity index (χ2n) is 5.47. The summed E-state index contributed by atoms with van der Waals surface area (Å²) >= 11 is 0. The molecule has 112 valence electrons. The van der Waals surface area contributed by atoms with Crippen molar-refractivity contribution < 1.29 is 19.2 Å². The van der Waals surface area contributed by atoms with Crippen LogP contribution in [0.2, 0.25) is 0 Å². The molecule has 0 aliphatic rings. The van der Waals surface area contributed by atoms with Crippen molar-refractivity contribution in [3.63, 3.8) is 0 Å². The number of amides is 1. The molecule has 7 heteroatoms. The van der Waals surface area contributed by atoms with Crippen LogP contribution in [0, 0.1) is 0 Å². The number of nitrogens with one attached hydrogen (secondary N) is 1. The van der Waals surface area contributed by atoms with E-state index < -0.39 is 11.7 Å². The fraction of sp³-hybridized carbons (Fsp3) is 0.286. The first-order valence-corrected chi connectivity index (χ1v) is 6.30. The van der Waals surface area contributed by atoms with E-state index in [-0.39, 0.29) is 11.5 Å². The molecule has 0 aliphatic heterocycles. The van der Waals surface area contributed by atoms with Gasteiger partial charge in [0.2, 0.25) is 0 Å². The molecule has 1 heterocycles. The Bertz CT molecular complexity index is 658. The molecule has 0 unspecified atom stereocenters. The number of aromatic nitrogens is 1. The molecule has 2 rings (SSSR count). The summed E-state index contributed by atoms with van der Waals surface area (Å²) < 4.78 is 10.1. The van der Waals surface area contributed by atoms with E-state index in [4.69, 9.17) is 15.0 Å². The summed E-state index contributed by atoms with van der Waals surface area (Å²) in [7, 11) is 0. The highest BCUT2D eigenvalue weighted by molar-refractivity contribution is 5.87. The summed E-state index contributed by atoms with van der Waals surface area (Å²) in [5, 5.41) is 16.0. The van der Waals surface area contributed by atoms with Crippen LogP contribution >= 0.6 is 0 Å². The van der Waals surface area contributed by atoms with Gasteiger partial charge in [-0.05, 0) is 39.0 Å². The zero-order chi connectivity index (χ0) is 15.6. The van der Waals surface area contributed by atoms with Gasteiger partial charge in [-0.2, -0.15) is 0 Å². The maximum Gasteiger partial charge on any atom is 0.412 e. The fourth-order valence-corrected chi connectivity index (χ4v) is 1.67. The number of carbonyl (C=O) groups is 1. The lowest BCUT2D eigenvalue weighted by Gasteiger charge is -2.19. The smallest absolute Gasteiger partial charge is 0.412 e. The van der Waals surface area contributed by atoms with Crippen molar-refractivity contribution in [3.8, 4) is 17.1 Å². The molecule has 0 aliphatic carbocycles. The molecule has 0 radical (unpaired) electrons.